The second-order valence-corrected chi connectivity index (χ2v) is 5.67. The van der Waals surface area contributed by atoms with Crippen molar-refractivity contribution in [2.24, 2.45) is 5.41 Å². The molecule has 0 aliphatic carbocycles. The first kappa shape index (κ1) is 18.4. The maximum atomic E-state index is 11.4. The van der Waals surface area contributed by atoms with Gasteiger partial charge < -0.3 is 14.2 Å². The Bertz CT molecular complexity index is 221. The van der Waals surface area contributed by atoms with Crippen LogP contribution in [0.3, 0.4) is 0 Å². The van der Waals surface area contributed by atoms with E-state index in [0.717, 1.165) is 13.0 Å². The third kappa shape index (κ3) is 12.2. The first-order valence-corrected chi connectivity index (χ1v) is 7.31. The summed E-state index contributed by atoms with van der Waals surface area (Å²) < 4.78 is 15.8. The lowest BCUT2D eigenvalue weighted by molar-refractivity contribution is -0.154. The largest absolute Gasteiger partial charge is 0.463 e. The first-order chi connectivity index (χ1) is 8.98. The average Bonchev–Trinajstić information content (AvgIpc) is 2.34. The van der Waals surface area contributed by atoms with Crippen molar-refractivity contribution in [3.05, 3.63) is 0 Å². The molecule has 0 bridgehead atoms. The number of carbonyl (C=O) groups is 1. The predicted octanol–water partition coefficient (Wildman–Crippen LogP) is 3.19. The van der Waals surface area contributed by atoms with Crippen LogP contribution in [0.1, 0.15) is 53.4 Å². The van der Waals surface area contributed by atoms with Crippen molar-refractivity contribution in [3.63, 3.8) is 0 Å². The molecule has 0 saturated heterocycles. The van der Waals surface area contributed by atoms with Gasteiger partial charge in [0.25, 0.3) is 0 Å². The van der Waals surface area contributed by atoms with Crippen LogP contribution in [0.5, 0.6) is 0 Å². The molecule has 4 nitrogen and oxygen atoms in total. The molecule has 4 heteroatoms. The van der Waals surface area contributed by atoms with E-state index in [1.165, 1.54) is 19.3 Å². The van der Waals surface area contributed by atoms with Crippen LogP contribution in [-0.4, -0.2) is 39.0 Å². The average molecular weight is 274 g/mol. The molecule has 0 saturated carbocycles. The summed E-state index contributed by atoms with van der Waals surface area (Å²) >= 11 is 0. The van der Waals surface area contributed by atoms with Crippen molar-refractivity contribution in [3.8, 4) is 0 Å². The standard InChI is InChI=1S/C15H30O4/c1-5-6-7-8-9-17-10-11-18-12-13-19-14(16)15(2,3)4/h5-13H2,1-4H3. The predicted molar refractivity (Wildman–Crippen MR) is 76.2 cm³/mol. The molecule has 0 fully saturated rings. The number of ether oxygens (including phenoxy) is 3. The maximum absolute atomic E-state index is 11.4. The highest BCUT2D eigenvalue weighted by molar-refractivity contribution is 5.75. The van der Waals surface area contributed by atoms with Gasteiger partial charge >= 0.3 is 5.97 Å². The van der Waals surface area contributed by atoms with Gasteiger partial charge in [0.05, 0.1) is 25.2 Å². The quantitative estimate of drug-likeness (QED) is 0.429. The lowest BCUT2D eigenvalue weighted by Gasteiger charge is -2.16. The second kappa shape index (κ2) is 11.2. The molecular formula is C15H30O4. The zero-order valence-corrected chi connectivity index (χ0v) is 13.0. The number of hydrogen-bond donors (Lipinski definition) is 0. The highest BCUT2D eigenvalue weighted by Crippen LogP contribution is 2.14. The molecule has 0 aromatic rings. The summed E-state index contributed by atoms with van der Waals surface area (Å²) in [5.74, 6) is -0.191. The molecule has 0 spiro atoms. The first-order valence-electron chi connectivity index (χ1n) is 7.31. The molecule has 0 aliphatic rings. The van der Waals surface area contributed by atoms with Gasteiger partial charge in [0, 0.05) is 6.61 Å². The molecule has 0 rings (SSSR count). The van der Waals surface area contributed by atoms with Crippen LogP contribution in [0.2, 0.25) is 0 Å². The number of rotatable bonds is 11. The molecule has 0 amide bonds. The summed E-state index contributed by atoms with van der Waals surface area (Å²) in [5.41, 5.74) is -0.443. The minimum absolute atomic E-state index is 0.191. The highest BCUT2D eigenvalue weighted by atomic mass is 16.6. The molecule has 0 heterocycles. The van der Waals surface area contributed by atoms with Crippen LogP contribution in [-0.2, 0) is 19.0 Å². The Morgan fingerprint density at radius 3 is 2.00 bits per heavy atom. The van der Waals surface area contributed by atoms with Gasteiger partial charge in [0.2, 0.25) is 0 Å². The van der Waals surface area contributed by atoms with Crippen LogP contribution >= 0.6 is 0 Å². The lowest BCUT2D eigenvalue weighted by atomic mass is 9.97. The lowest BCUT2D eigenvalue weighted by Crippen LogP contribution is -2.24. The SMILES string of the molecule is CCCCCCOCCOCCOC(=O)C(C)(C)C. The molecule has 0 aromatic heterocycles. The van der Waals surface area contributed by atoms with Gasteiger partial charge in [-0.3, -0.25) is 4.79 Å². The van der Waals surface area contributed by atoms with E-state index in [1.54, 1.807) is 0 Å². The fourth-order valence-corrected chi connectivity index (χ4v) is 1.36. The Balaban J connectivity index is 3.17. The van der Waals surface area contributed by atoms with E-state index < -0.39 is 5.41 Å². The van der Waals surface area contributed by atoms with Crippen molar-refractivity contribution in [2.75, 3.05) is 33.0 Å². The monoisotopic (exact) mass is 274 g/mol. The van der Waals surface area contributed by atoms with Gasteiger partial charge in [0.15, 0.2) is 0 Å². The molecule has 114 valence electrons. The van der Waals surface area contributed by atoms with Crippen molar-refractivity contribution < 1.29 is 19.0 Å². The number of esters is 1. The molecule has 0 aliphatic heterocycles. The fourth-order valence-electron chi connectivity index (χ4n) is 1.36. The normalized spacial score (nSPS) is 11.6. The Hall–Kier alpha value is -0.610. The highest BCUT2D eigenvalue weighted by Gasteiger charge is 2.22. The smallest absolute Gasteiger partial charge is 0.311 e. The summed E-state index contributed by atoms with van der Waals surface area (Å²) in [5, 5.41) is 0. The zero-order valence-electron chi connectivity index (χ0n) is 13.0. The van der Waals surface area contributed by atoms with Gasteiger partial charge in [-0.2, -0.15) is 0 Å². The number of carbonyl (C=O) groups excluding carboxylic acids is 1. The number of unbranched alkanes of at least 4 members (excludes halogenated alkanes) is 3. The molecular weight excluding hydrogens is 244 g/mol. The van der Waals surface area contributed by atoms with E-state index in [4.69, 9.17) is 14.2 Å². The van der Waals surface area contributed by atoms with Crippen LogP contribution in [0.4, 0.5) is 0 Å². The van der Waals surface area contributed by atoms with Crippen LogP contribution < -0.4 is 0 Å². The molecule has 0 atom stereocenters. The van der Waals surface area contributed by atoms with E-state index in [0.29, 0.717) is 26.4 Å². The van der Waals surface area contributed by atoms with E-state index in [2.05, 4.69) is 6.92 Å². The van der Waals surface area contributed by atoms with Crippen molar-refractivity contribution in [2.45, 2.75) is 53.4 Å². The van der Waals surface area contributed by atoms with Gasteiger partial charge in [-0.25, -0.2) is 0 Å². The summed E-state index contributed by atoms with van der Waals surface area (Å²) in [7, 11) is 0. The van der Waals surface area contributed by atoms with Crippen molar-refractivity contribution in [1.29, 1.82) is 0 Å². The van der Waals surface area contributed by atoms with E-state index in [9.17, 15) is 4.79 Å². The third-order valence-corrected chi connectivity index (χ3v) is 2.59. The summed E-state index contributed by atoms with van der Waals surface area (Å²) in [6, 6.07) is 0. The van der Waals surface area contributed by atoms with Gasteiger partial charge in [0.1, 0.15) is 6.61 Å². The van der Waals surface area contributed by atoms with Gasteiger partial charge in [-0.15, -0.1) is 0 Å². The fraction of sp³-hybridized carbons (Fsp3) is 0.933. The van der Waals surface area contributed by atoms with E-state index >= 15 is 0 Å². The number of hydrogen-bond acceptors (Lipinski definition) is 4. The van der Waals surface area contributed by atoms with Crippen LogP contribution in [0.15, 0.2) is 0 Å². The molecule has 19 heavy (non-hydrogen) atoms. The molecule has 0 unspecified atom stereocenters. The minimum Gasteiger partial charge on any atom is -0.463 e. The zero-order chi connectivity index (χ0) is 14.6. The molecule has 0 aromatic carbocycles. The second-order valence-electron chi connectivity index (χ2n) is 5.67. The maximum Gasteiger partial charge on any atom is 0.311 e. The van der Waals surface area contributed by atoms with Gasteiger partial charge in [-0.1, -0.05) is 26.2 Å². The Morgan fingerprint density at radius 1 is 0.842 bits per heavy atom. The third-order valence-electron chi connectivity index (χ3n) is 2.59. The van der Waals surface area contributed by atoms with Crippen molar-refractivity contribution in [1.82, 2.24) is 0 Å². The van der Waals surface area contributed by atoms with Crippen LogP contribution in [0, 0.1) is 5.41 Å². The topological polar surface area (TPSA) is 44.8 Å². The Labute approximate surface area is 117 Å². The summed E-state index contributed by atoms with van der Waals surface area (Å²) in [6.45, 7) is 10.4. The molecule has 0 radical (unpaired) electrons. The van der Waals surface area contributed by atoms with Crippen LogP contribution in [0.25, 0.3) is 0 Å². The van der Waals surface area contributed by atoms with Gasteiger partial charge in [-0.05, 0) is 27.2 Å². The summed E-state index contributed by atoms with van der Waals surface area (Å²) in [6.07, 6.45) is 4.88. The summed E-state index contributed by atoms with van der Waals surface area (Å²) in [4.78, 5) is 11.4. The van der Waals surface area contributed by atoms with E-state index in [-0.39, 0.29) is 5.97 Å². The minimum atomic E-state index is -0.443. The van der Waals surface area contributed by atoms with E-state index in [1.807, 2.05) is 20.8 Å². The Morgan fingerprint density at radius 2 is 1.42 bits per heavy atom. The Kier molecular flexibility index (Phi) is 10.9. The molecule has 0 N–H and O–H groups in total. The van der Waals surface area contributed by atoms with Crippen molar-refractivity contribution >= 4 is 5.97 Å².